The summed E-state index contributed by atoms with van der Waals surface area (Å²) in [6.45, 7) is 12.9. The van der Waals surface area contributed by atoms with Crippen molar-refractivity contribution in [3.63, 3.8) is 0 Å². The molecular weight excluding hydrogens is 808 g/mol. The molecule has 0 saturated heterocycles. The van der Waals surface area contributed by atoms with Gasteiger partial charge in [0.1, 0.15) is 5.82 Å². The van der Waals surface area contributed by atoms with Crippen molar-refractivity contribution in [3.8, 4) is 45.3 Å². The van der Waals surface area contributed by atoms with Gasteiger partial charge >= 0.3 is 21.1 Å². The van der Waals surface area contributed by atoms with Crippen LogP contribution in [0.5, 0.6) is 11.5 Å². The average molecular weight is 846 g/mol. The van der Waals surface area contributed by atoms with Crippen LogP contribution in [0.15, 0.2) is 121 Å². The number of hydrogen-bond donors (Lipinski definition) is 0. The van der Waals surface area contributed by atoms with Crippen molar-refractivity contribution in [3.05, 3.63) is 156 Å². The third kappa shape index (κ3) is 6.43. The van der Waals surface area contributed by atoms with Crippen molar-refractivity contribution in [2.45, 2.75) is 47.0 Å². The quantitative estimate of drug-likeness (QED) is 0.157. The van der Waals surface area contributed by atoms with Gasteiger partial charge in [-0.05, 0) is 70.8 Å². The first kappa shape index (κ1) is 34.2. The summed E-state index contributed by atoms with van der Waals surface area (Å²) in [5.74, 6) is 2.05. The molecule has 0 aliphatic carbocycles. The molecule has 5 aromatic carbocycles. The van der Waals surface area contributed by atoms with Crippen LogP contribution in [0.1, 0.15) is 43.3 Å². The Bertz CT molecular complexity index is 2520. The van der Waals surface area contributed by atoms with Gasteiger partial charge in [0.2, 0.25) is 0 Å². The first-order valence-corrected chi connectivity index (χ1v) is 17.0. The first-order valence-electron chi connectivity index (χ1n) is 17.0. The monoisotopic (exact) mass is 845 g/mol. The van der Waals surface area contributed by atoms with Gasteiger partial charge in [0.15, 0.2) is 0 Å². The Balaban J connectivity index is 0.00000406. The fourth-order valence-corrected chi connectivity index (χ4v) is 6.89. The second-order valence-electron chi connectivity index (χ2n) is 14.0. The maximum absolute atomic E-state index is 6.56. The molecular formula is C45H38N4OPt. The Morgan fingerprint density at radius 1 is 0.667 bits per heavy atom. The first-order chi connectivity index (χ1) is 24.1. The number of pyridine rings is 1. The Hall–Kier alpha value is -5.25. The number of fused-ring (bicyclic) bond motifs is 3. The molecule has 5 nitrogen and oxygen atoms in total. The summed E-state index contributed by atoms with van der Waals surface area (Å²) in [5.41, 5.74) is 11.7. The van der Waals surface area contributed by atoms with Crippen molar-refractivity contribution in [2.24, 2.45) is 0 Å². The molecule has 0 unspecified atom stereocenters. The summed E-state index contributed by atoms with van der Waals surface area (Å²) in [6.07, 6.45) is 1.90. The van der Waals surface area contributed by atoms with Gasteiger partial charge in [-0.2, -0.15) is 16.7 Å². The summed E-state index contributed by atoms with van der Waals surface area (Å²) >= 11 is 0. The second kappa shape index (κ2) is 13.5. The molecule has 0 atom stereocenters. The van der Waals surface area contributed by atoms with Crippen LogP contribution in [0.3, 0.4) is 0 Å². The van der Waals surface area contributed by atoms with E-state index in [9.17, 15) is 0 Å². The Kier molecular flexibility index (Phi) is 9.03. The van der Waals surface area contributed by atoms with E-state index in [-0.39, 0.29) is 26.5 Å². The molecule has 0 fully saturated rings. The number of aromatic nitrogens is 4. The van der Waals surface area contributed by atoms with Crippen LogP contribution in [0.2, 0.25) is 0 Å². The van der Waals surface area contributed by atoms with Gasteiger partial charge in [0.05, 0.1) is 5.69 Å². The molecule has 3 heterocycles. The summed E-state index contributed by atoms with van der Waals surface area (Å²) in [5, 5.41) is 7.14. The van der Waals surface area contributed by atoms with Crippen LogP contribution >= 0.6 is 0 Å². The zero-order valence-electron chi connectivity index (χ0n) is 29.6. The Labute approximate surface area is 313 Å². The maximum Gasteiger partial charge on any atom is 2.00 e. The molecule has 8 aromatic rings. The molecule has 51 heavy (non-hydrogen) atoms. The number of benzene rings is 5. The molecule has 254 valence electrons. The SMILES string of the molecule is Cc1cc(Oc2[c-]c3c(cc2)c2cc(-c4ccccc4)ccc2n3-c2cc(C(C)(C)C)ccn2)[c-]c(-n2nc(C)c(-c3ccccc3)c2C)c1.[Pt+2]. The van der Waals surface area contributed by atoms with Crippen LogP contribution in [-0.4, -0.2) is 19.3 Å². The van der Waals surface area contributed by atoms with E-state index in [2.05, 4.69) is 149 Å². The van der Waals surface area contributed by atoms with Crippen LogP contribution in [-0.2, 0) is 26.5 Å². The van der Waals surface area contributed by atoms with E-state index in [1.54, 1.807) is 0 Å². The van der Waals surface area contributed by atoms with E-state index in [0.717, 1.165) is 67.0 Å². The minimum atomic E-state index is -0.0268. The van der Waals surface area contributed by atoms with Crippen LogP contribution < -0.4 is 4.74 Å². The van der Waals surface area contributed by atoms with E-state index in [1.165, 1.54) is 11.1 Å². The van der Waals surface area contributed by atoms with Gasteiger partial charge in [-0.15, -0.1) is 35.7 Å². The molecule has 0 aliphatic rings. The third-order valence-electron chi connectivity index (χ3n) is 9.37. The molecule has 0 radical (unpaired) electrons. The summed E-state index contributed by atoms with van der Waals surface area (Å²) in [4.78, 5) is 4.87. The van der Waals surface area contributed by atoms with Crippen molar-refractivity contribution in [2.75, 3.05) is 0 Å². The van der Waals surface area contributed by atoms with Gasteiger partial charge < -0.3 is 9.30 Å². The van der Waals surface area contributed by atoms with Gasteiger partial charge in [-0.25, -0.2) is 4.98 Å². The molecule has 0 spiro atoms. The minimum absolute atomic E-state index is 0. The van der Waals surface area contributed by atoms with E-state index in [4.69, 9.17) is 14.8 Å². The summed E-state index contributed by atoms with van der Waals surface area (Å²) < 4.78 is 10.7. The van der Waals surface area contributed by atoms with Gasteiger partial charge in [0.25, 0.3) is 0 Å². The Morgan fingerprint density at radius 2 is 1.39 bits per heavy atom. The van der Waals surface area contributed by atoms with Crippen LogP contribution in [0.25, 0.3) is 55.6 Å². The minimum Gasteiger partial charge on any atom is -0.509 e. The number of hydrogen-bond acceptors (Lipinski definition) is 3. The maximum atomic E-state index is 6.56. The van der Waals surface area contributed by atoms with Gasteiger partial charge in [-0.1, -0.05) is 106 Å². The van der Waals surface area contributed by atoms with E-state index in [1.807, 2.05) is 35.1 Å². The number of aryl methyl sites for hydroxylation is 2. The predicted octanol–water partition coefficient (Wildman–Crippen LogP) is 11.3. The fraction of sp³-hybridized carbons (Fsp3) is 0.156. The van der Waals surface area contributed by atoms with Crippen LogP contribution in [0, 0.1) is 32.9 Å². The largest absolute Gasteiger partial charge is 2.00 e. The number of rotatable bonds is 6. The smallest absolute Gasteiger partial charge is 0.509 e. The van der Waals surface area contributed by atoms with Crippen molar-refractivity contribution < 1.29 is 25.8 Å². The van der Waals surface area contributed by atoms with Gasteiger partial charge in [-0.3, -0.25) is 4.68 Å². The fourth-order valence-electron chi connectivity index (χ4n) is 6.89. The topological polar surface area (TPSA) is 44.9 Å². The summed E-state index contributed by atoms with van der Waals surface area (Å²) in [6, 6.07) is 47.2. The van der Waals surface area contributed by atoms with Gasteiger partial charge in [0, 0.05) is 34.5 Å². The molecule has 8 rings (SSSR count). The van der Waals surface area contributed by atoms with E-state index in [0.29, 0.717) is 11.5 Å². The van der Waals surface area contributed by atoms with Crippen LogP contribution in [0.4, 0.5) is 0 Å². The van der Waals surface area contributed by atoms with E-state index < -0.39 is 0 Å². The number of nitrogens with zero attached hydrogens (tertiary/aromatic N) is 4. The molecule has 6 heteroatoms. The molecule has 0 saturated carbocycles. The zero-order chi connectivity index (χ0) is 34.6. The number of ether oxygens (including phenoxy) is 1. The van der Waals surface area contributed by atoms with Crippen molar-refractivity contribution >= 4 is 21.8 Å². The third-order valence-corrected chi connectivity index (χ3v) is 9.37. The Morgan fingerprint density at radius 3 is 2.12 bits per heavy atom. The molecule has 0 amide bonds. The molecule has 3 aromatic heterocycles. The normalized spacial score (nSPS) is 11.6. The standard InChI is InChI=1S/C45H38N4O.Pt/c1-29-23-36(49-31(3)44(30(2)47-49)33-15-11-8-12-16-33)27-38(24-29)50-37-18-19-39-40-25-34(32-13-9-7-10-14-32)17-20-41(40)48(42(39)28-37)43-26-35(21-22-46-43)45(4,5)6;/h7-26H,1-6H3;/q-2;+2. The average Bonchev–Trinajstić information content (AvgIpc) is 3.60. The van der Waals surface area contributed by atoms with Crippen molar-refractivity contribution in [1.29, 1.82) is 0 Å². The molecule has 0 N–H and O–H groups in total. The zero-order valence-corrected chi connectivity index (χ0v) is 31.8. The predicted molar refractivity (Wildman–Crippen MR) is 204 cm³/mol. The van der Waals surface area contributed by atoms with Crippen molar-refractivity contribution in [1.82, 2.24) is 19.3 Å². The second-order valence-corrected chi connectivity index (χ2v) is 14.0. The van der Waals surface area contributed by atoms with E-state index >= 15 is 0 Å². The molecule has 0 aliphatic heterocycles. The summed E-state index contributed by atoms with van der Waals surface area (Å²) in [7, 11) is 0. The molecule has 0 bridgehead atoms.